The zero-order chi connectivity index (χ0) is 20.4. The topological polar surface area (TPSA) is 79.8 Å². The normalized spacial score (nSPS) is 11.9. The Hall–Kier alpha value is -2.25. The zero-order valence-corrected chi connectivity index (χ0v) is 17.7. The van der Waals surface area contributed by atoms with E-state index in [1.165, 1.54) is 6.26 Å². The van der Waals surface area contributed by atoms with E-state index in [4.69, 9.17) is 16.3 Å². The lowest BCUT2D eigenvalue weighted by Crippen LogP contribution is -2.39. The number of hydrogen-bond donors (Lipinski definition) is 2. The molecule has 6 nitrogen and oxygen atoms in total. The molecular formula is C20H26ClN3O3S. The van der Waals surface area contributed by atoms with E-state index < -0.39 is 9.84 Å². The van der Waals surface area contributed by atoms with Crippen LogP contribution in [-0.4, -0.2) is 46.9 Å². The third-order valence-electron chi connectivity index (χ3n) is 3.82. The Kier molecular flexibility index (Phi) is 8.60. The molecule has 0 heterocycles. The second-order valence-corrected chi connectivity index (χ2v) is 8.61. The van der Waals surface area contributed by atoms with Crippen LogP contribution in [0.4, 0.5) is 0 Å². The molecule has 0 spiro atoms. The number of benzene rings is 2. The van der Waals surface area contributed by atoms with Gasteiger partial charge in [-0.25, -0.2) is 8.42 Å². The average Bonchev–Trinajstić information content (AvgIpc) is 2.65. The molecule has 28 heavy (non-hydrogen) atoms. The quantitative estimate of drug-likeness (QED) is 0.368. The van der Waals surface area contributed by atoms with Gasteiger partial charge in [0.05, 0.1) is 11.4 Å². The van der Waals surface area contributed by atoms with E-state index in [9.17, 15) is 8.42 Å². The van der Waals surface area contributed by atoms with Gasteiger partial charge in [-0.2, -0.15) is 0 Å². The SMILES string of the molecule is CCNC(=NCCc1cccc(Cl)c1)NCCOc1ccc(S(C)(=O)=O)cc1. The van der Waals surface area contributed by atoms with Gasteiger partial charge < -0.3 is 15.4 Å². The van der Waals surface area contributed by atoms with E-state index >= 15 is 0 Å². The molecule has 2 rings (SSSR count). The third kappa shape index (κ3) is 7.78. The summed E-state index contributed by atoms with van der Waals surface area (Å²) in [5, 5.41) is 7.14. The van der Waals surface area contributed by atoms with Crippen molar-refractivity contribution >= 4 is 27.4 Å². The lowest BCUT2D eigenvalue weighted by Gasteiger charge is -2.12. The number of ether oxygens (including phenoxy) is 1. The maximum atomic E-state index is 11.5. The van der Waals surface area contributed by atoms with E-state index in [0.29, 0.717) is 25.4 Å². The zero-order valence-electron chi connectivity index (χ0n) is 16.1. The van der Waals surface area contributed by atoms with Gasteiger partial charge in [0, 0.05) is 24.4 Å². The Morgan fingerprint density at radius 1 is 1.14 bits per heavy atom. The minimum absolute atomic E-state index is 0.277. The summed E-state index contributed by atoms with van der Waals surface area (Å²) in [6.45, 7) is 4.40. The molecule has 0 bridgehead atoms. The fraction of sp³-hybridized carbons (Fsp3) is 0.350. The molecule has 0 saturated carbocycles. The molecule has 0 aromatic heterocycles. The van der Waals surface area contributed by atoms with Crippen molar-refractivity contribution in [1.82, 2.24) is 10.6 Å². The number of hydrogen-bond acceptors (Lipinski definition) is 4. The smallest absolute Gasteiger partial charge is 0.191 e. The number of sulfone groups is 1. The van der Waals surface area contributed by atoms with E-state index in [1.54, 1.807) is 24.3 Å². The number of halogens is 1. The Labute approximate surface area is 171 Å². The number of nitrogens with zero attached hydrogens (tertiary/aromatic N) is 1. The monoisotopic (exact) mass is 423 g/mol. The number of guanidine groups is 1. The minimum atomic E-state index is -3.19. The fourth-order valence-electron chi connectivity index (χ4n) is 2.45. The second-order valence-electron chi connectivity index (χ2n) is 6.16. The van der Waals surface area contributed by atoms with Gasteiger partial charge in [0.2, 0.25) is 0 Å². The van der Waals surface area contributed by atoms with Crippen LogP contribution in [0.3, 0.4) is 0 Å². The molecule has 0 unspecified atom stereocenters. The molecule has 0 amide bonds. The van der Waals surface area contributed by atoms with Gasteiger partial charge in [-0.3, -0.25) is 4.99 Å². The van der Waals surface area contributed by atoms with E-state index in [0.717, 1.165) is 29.5 Å². The molecule has 0 aliphatic rings. The lowest BCUT2D eigenvalue weighted by molar-refractivity contribution is 0.321. The standard InChI is InChI=1S/C20H26ClN3O3S/c1-3-22-20(23-12-11-16-5-4-6-17(21)15-16)24-13-14-27-18-7-9-19(10-8-18)28(2,25)26/h4-10,15H,3,11-14H2,1-2H3,(H2,22,23,24). The van der Waals surface area contributed by atoms with Gasteiger partial charge in [0.25, 0.3) is 0 Å². The van der Waals surface area contributed by atoms with Crippen molar-refractivity contribution in [2.45, 2.75) is 18.2 Å². The maximum absolute atomic E-state index is 11.5. The summed E-state index contributed by atoms with van der Waals surface area (Å²) < 4.78 is 28.5. The summed E-state index contributed by atoms with van der Waals surface area (Å²) in [5.74, 6) is 1.35. The highest BCUT2D eigenvalue weighted by molar-refractivity contribution is 7.90. The van der Waals surface area contributed by atoms with Gasteiger partial charge >= 0.3 is 0 Å². The summed E-state index contributed by atoms with van der Waals surface area (Å²) in [5.41, 5.74) is 1.15. The summed E-state index contributed by atoms with van der Waals surface area (Å²) in [7, 11) is -3.19. The Morgan fingerprint density at radius 2 is 1.89 bits per heavy atom. The van der Waals surface area contributed by atoms with Crippen molar-refractivity contribution in [1.29, 1.82) is 0 Å². The van der Waals surface area contributed by atoms with Crippen LogP contribution in [0.25, 0.3) is 0 Å². The summed E-state index contributed by atoms with van der Waals surface area (Å²) in [6.07, 6.45) is 1.99. The van der Waals surface area contributed by atoms with Crippen molar-refractivity contribution in [3.63, 3.8) is 0 Å². The Bertz CT molecular complexity index is 884. The summed E-state index contributed by atoms with van der Waals surface area (Å²) in [6, 6.07) is 14.2. The highest BCUT2D eigenvalue weighted by atomic mass is 35.5. The third-order valence-corrected chi connectivity index (χ3v) is 5.18. The van der Waals surface area contributed by atoms with Gasteiger partial charge in [0.15, 0.2) is 15.8 Å². The predicted molar refractivity (Wildman–Crippen MR) is 114 cm³/mol. The molecule has 0 aliphatic carbocycles. The number of nitrogens with one attached hydrogen (secondary N) is 2. The van der Waals surface area contributed by atoms with Crippen LogP contribution in [0.5, 0.6) is 5.75 Å². The Balaban J connectivity index is 1.77. The van der Waals surface area contributed by atoms with Gasteiger partial charge in [-0.05, 0) is 55.3 Å². The number of rotatable bonds is 9. The summed E-state index contributed by atoms with van der Waals surface area (Å²) in [4.78, 5) is 4.83. The van der Waals surface area contributed by atoms with Crippen molar-refractivity contribution in [3.05, 3.63) is 59.1 Å². The maximum Gasteiger partial charge on any atom is 0.191 e. The molecule has 0 radical (unpaired) electrons. The van der Waals surface area contributed by atoms with Gasteiger partial charge in [-0.1, -0.05) is 23.7 Å². The van der Waals surface area contributed by atoms with Crippen LogP contribution in [0.15, 0.2) is 58.4 Å². The highest BCUT2D eigenvalue weighted by Gasteiger charge is 2.06. The van der Waals surface area contributed by atoms with Crippen LogP contribution in [0.2, 0.25) is 5.02 Å². The van der Waals surface area contributed by atoms with Crippen molar-refractivity contribution < 1.29 is 13.2 Å². The predicted octanol–water partition coefficient (Wildman–Crippen LogP) is 2.92. The summed E-state index contributed by atoms with van der Waals surface area (Å²) >= 11 is 6.00. The molecule has 8 heteroatoms. The van der Waals surface area contributed by atoms with Crippen LogP contribution in [-0.2, 0) is 16.3 Å². The fourth-order valence-corrected chi connectivity index (χ4v) is 3.30. The molecule has 2 aromatic rings. The molecule has 2 aromatic carbocycles. The molecule has 0 atom stereocenters. The van der Waals surface area contributed by atoms with E-state index in [2.05, 4.69) is 15.6 Å². The van der Waals surface area contributed by atoms with Crippen LogP contribution in [0.1, 0.15) is 12.5 Å². The minimum Gasteiger partial charge on any atom is -0.492 e. The first-order chi connectivity index (χ1) is 13.4. The number of aliphatic imine (C=N–C) groups is 1. The van der Waals surface area contributed by atoms with E-state index in [-0.39, 0.29) is 4.90 Å². The lowest BCUT2D eigenvalue weighted by atomic mass is 10.1. The van der Waals surface area contributed by atoms with Gasteiger partial charge in [0.1, 0.15) is 12.4 Å². The van der Waals surface area contributed by atoms with Crippen molar-refractivity contribution in [2.24, 2.45) is 4.99 Å². The van der Waals surface area contributed by atoms with Crippen LogP contribution >= 0.6 is 11.6 Å². The first-order valence-corrected chi connectivity index (χ1v) is 11.3. The van der Waals surface area contributed by atoms with Crippen molar-refractivity contribution in [3.8, 4) is 5.75 Å². The first kappa shape index (κ1) is 22.0. The Morgan fingerprint density at radius 3 is 2.54 bits per heavy atom. The molecular weight excluding hydrogens is 398 g/mol. The van der Waals surface area contributed by atoms with Crippen LogP contribution in [0, 0.1) is 0 Å². The highest BCUT2D eigenvalue weighted by Crippen LogP contribution is 2.15. The van der Waals surface area contributed by atoms with Gasteiger partial charge in [-0.15, -0.1) is 0 Å². The molecule has 0 saturated heterocycles. The van der Waals surface area contributed by atoms with Crippen LogP contribution < -0.4 is 15.4 Å². The molecule has 2 N–H and O–H groups in total. The van der Waals surface area contributed by atoms with Crippen molar-refractivity contribution in [2.75, 3.05) is 32.5 Å². The molecule has 0 aliphatic heterocycles. The molecule has 152 valence electrons. The average molecular weight is 424 g/mol. The van der Waals surface area contributed by atoms with E-state index in [1.807, 2.05) is 31.2 Å². The molecule has 0 fully saturated rings. The first-order valence-electron chi connectivity index (χ1n) is 9.08. The largest absolute Gasteiger partial charge is 0.492 e. The second kappa shape index (κ2) is 10.9.